The standard InChI is InChI=1S/C39H45N3O4/c1-4-28-14-13-15-29(5-2)35(28)41-37(43)33-32-22-23-39(46-32,34(33)38(44)45-6-3)36(40-31-16-9-7-10-17-31)30-20-18-27(19-21-30)26-42-24-11-8-12-25-42/h7,9-10,13-23,32,36,40H,4-6,8,11-12,24-26H2,1-3H3,(H,41,43)/t32-,36+,39+/m1/s1. The zero-order chi connectivity index (χ0) is 32.1. The van der Waals surface area contributed by atoms with E-state index in [0.29, 0.717) is 5.57 Å². The van der Waals surface area contributed by atoms with Crippen molar-refractivity contribution >= 4 is 23.3 Å². The van der Waals surface area contributed by atoms with E-state index in [-0.39, 0.29) is 18.1 Å². The van der Waals surface area contributed by atoms with E-state index < -0.39 is 23.7 Å². The Morgan fingerprint density at radius 1 is 0.913 bits per heavy atom. The molecule has 3 heterocycles. The molecule has 0 spiro atoms. The molecule has 1 saturated heterocycles. The Morgan fingerprint density at radius 2 is 1.61 bits per heavy atom. The molecule has 3 aliphatic heterocycles. The summed E-state index contributed by atoms with van der Waals surface area (Å²) in [5.41, 5.74) is 5.27. The van der Waals surface area contributed by atoms with Crippen molar-refractivity contribution in [1.82, 2.24) is 4.90 Å². The second-order valence-electron chi connectivity index (χ2n) is 12.3. The molecule has 0 aliphatic carbocycles. The van der Waals surface area contributed by atoms with Crippen LogP contribution in [0, 0.1) is 0 Å². The van der Waals surface area contributed by atoms with Crippen LogP contribution < -0.4 is 10.6 Å². The lowest BCUT2D eigenvalue weighted by Crippen LogP contribution is -2.42. The van der Waals surface area contributed by atoms with Crippen molar-refractivity contribution in [3.8, 4) is 0 Å². The minimum absolute atomic E-state index is 0.183. The van der Waals surface area contributed by atoms with Crippen molar-refractivity contribution < 1.29 is 19.1 Å². The Kier molecular flexibility index (Phi) is 9.71. The molecule has 7 nitrogen and oxygen atoms in total. The molecule has 1 amide bonds. The topological polar surface area (TPSA) is 79.9 Å². The number of para-hydroxylation sites is 2. The number of carbonyl (C=O) groups excluding carboxylic acids is 2. The average molecular weight is 620 g/mol. The van der Waals surface area contributed by atoms with Crippen molar-refractivity contribution in [3.05, 3.63) is 118 Å². The van der Waals surface area contributed by atoms with Crippen LogP contribution >= 0.6 is 0 Å². The quantitative estimate of drug-likeness (QED) is 0.166. The summed E-state index contributed by atoms with van der Waals surface area (Å²) < 4.78 is 12.4. The third-order valence-corrected chi connectivity index (χ3v) is 9.43. The number of hydrogen-bond acceptors (Lipinski definition) is 6. The number of carbonyl (C=O) groups is 2. The number of ether oxygens (including phenoxy) is 2. The van der Waals surface area contributed by atoms with E-state index in [1.807, 2.05) is 60.7 Å². The lowest BCUT2D eigenvalue weighted by atomic mass is 9.78. The number of piperidine rings is 1. The highest BCUT2D eigenvalue weighted by Gasteiger charge is 2.58. The Bertz CT molecular complexity index is 1590. The SMILES string of the molecule is CCOC(=O)C1=C(C(=O)Nc2c(CC)cccc2CC)[C@H]2C=C[C@]1([C@@H](Nc1ccccc1)c1ccc(CN3CCCCC3)cc1)O2. The maximum absolute atomic E-state index is 14.2. The number of esters is 1. The molecule has 3 atom stereocenters. The third-order valence-electron chi connectivity index (χ3n) is 9.43. The van der Waals surface area contributed by atoms with E-state index >= 15 is 0 Å². The fraction of sp³-hybridized carbons (Fsp3) is 0.385. The predicted molar refractivity (Wildman–Crippen MR) is 183 cm³/mol. The van der Waals surface area contributed by atoms with Gasteiger partial charge in [0.15, 0.2) is 0 Å². The van der Waals surface area contributed by atoms with Crippen LogP contribution in [0.3, 0.4) is 0 Å². The lowest BCUT2D eigenvalue weighted by Gasteiger charge is -2.36. The predicted octanol–water partition coefficient (Wildman–Crippen LogP) is 7.16. The molecule has 0 saturated carbocycles. The van der Waals surface area contributed by atoms with Gasteiger partial charge in [-0.1, -0.05) is 87.0 Å². The molecule has 0 radical (unpaired) electrons. The molecule has 0 unspecified atom stereocenters. The molecule has 240 valence electrons. The summed E-state index contributed by atoms with van der Waals surface area (Å²) in [5, 5.41) is 6.85. The molecule has 46 heavy (non-hydrogen) atoms. The van der Waals surface area contributed by atoms with E-state index in [9.17, 15) is 9.59 Å². The van der Waals surface area contributed by atoms with Crippen molar-refractivity contribution in [2.24, 2.45) is 0 Å². The van der Waals surface area contributed by atoms with Crippen LogP contribution in [0.2, 0.25) is 0 Å². The zero-order valence-corrected chi connectivity index (χ0v) is 27.2. The number of likely N-dealkylation sites (tertiary alicyclic amines) is 1. The maximum atomic E-state index is 14.2. The summed E-state index contributed by atoms with van der Waals surface area (Å²) in [6.45, 7) is 9.28. The molecule has 2 N–H and O–H groups in total. The van der Waals surface area contributed by atoms with Crippen LogP contribution in [-0.4, -0.2) is 48.2 Å². The van der Waals surface area contributed by atoms with Gasteiger partial charge >= 0.3 is 5.97 Å². The van der Waals surface area contributed by atoms with Gasteiger partial charge in [-0.05, 0) is 86.2 Å². The van der Waals surface area contributed by atoms with Gasteiger partial charge in [0.2, 0.25) is 0 Å². The first-order valence-corrected chi connectivity index (χ1v) is 16.8. The van der Waals surface area contributed by atoms with Crippen molar-refractivity contribution in [2.45, 2.75) is 77.2 Å². The van der Waals surface area contributed by atoms with E-state index in [1.165, 1.54) is 24.8 Å². The van der Waals surface area contributed by atoms with E-state index in [2.05, 4.69) is 53.6 Å². The highest BCUT2D eigenvalue weighted by Crippen LogP contribution is 2.51. The summed E-state index contributed by atoms with van der Waals surface area (Å²) >= 11 is 0. The molecule has 7 heteroatoms. The van der Waals surface area contributed by atoms with Gasteiger partial charge in [0.05, 0.1) is 23.8 Å². The number of rotatable bonds is 12. The zero-order valence-electron chi connectivity index (χ0n) is 27.2. The smallest absolute Gasteiger partial charge is 0.337 e. The number of hydrogen-bond donors (Lipinski definition) is 2. The first kappa shape index (κ1) is 31.8. The lowest BCUT2D eigenvalue weighted by molar-refractivity contribution is -0.140. The summed E-state index contributed by atoms with van der Waals surface area (Å²) in [6, 6.07) is 24.0. The molecule has 3 aliphatic rings. The molecule has 6 rings (SSSR count). The highest BCUT2D eigenvalue weighted by atomic mass is 16.5. The molecular weight excluding hydrogens is 574 g/mol. The van der Waals surface area contributed by atoms with Crippen molar-refractivity contribution in [1.29, 1.82) is 0 Å². The summed E-state index contributed by atoms with van der Waals surface area (Å²) in [7, 11) is 0. The number of benzene rings is 3. The summed E-state index contributed by atoms with van der Waals surface area (Å²) in [5.74, 6) is -0.884. The number of anilines is 2. The number of fused-ring (bicyclic) bond motifs is 2. The normalized spacial score (nSPS) is 21.3. The number of amides is 1. The fourth-order valence-corrected chi connectivity index (χ4v) is 7.11. The van der Waals surface area contributed by atoms with Crippen LogP contribution in [0.4, 0.5) is 11.4 Å². The number of nitrogens with one attached hydrogen (secondary N) is 2. The highest BCUT2D eigenvalue weighted by molar-refractivity contribution is 6.13. The first-order chi connectivity index (χ1) is 22.5. The number of aryl methyl sites for hydroxylation is 2. The maximum Gasteiger partial charge on any atom is 0.337 e. The average Bonchev–Trinajstić information content (AvgIpc) is 3.67. The van der Waals surface area contributed by atoms with Gasteiger partial charge in [0, 0.05) is 17.9 Å². The van der Waals surface area contributed by atoms with Crippen LogP contribution in [0.1, 0.15) is 68.3 Å². The van der Waals surface area contributed by atoms with Crippen LogP contribution in [0.25, 0.3) is 0 Å². The van der Waals surface area contributed by atoms with Gasteiger partial charge in [0.25, 0.3) is 5.91 Å². The molecule has 2 bridgehead atoms. The molecular formula is C39H45N3O4. The van der Waals surface area contributed by atoms with Crippen LogP contribution in [0.5, 0.6) is 0 Å². The molecule has 3 aromatic carbocycles. The molecule has 3 aromatic rings. The number of nitrogens with zero attached hydrogens (tertiary/aromatic N) is 1. The van der Waals surface area contributed by atoms with Gasteiger partial charge in [-0.3, -0.25) is 9.69 Å². The summed E-state index contributed by atoms with van der Waals surface area (Å²) in [4.78, 5) is 30.7. The van der Waals surface area contributed by atoms with Gasteiger partial charge in [-0.2, -0.15) is 0 Å². The van der Waals surface area contributed by atoms with Crippen molar-refractivity contribution in [3.63, 3.8) is 0 Å². The second-order valence-corrected chi connectivity index (χ2v) is 12.3. The minimum atomic E-state index is -1.26. The summed E-state index contributed by atoms with van der Waals surface area (Å²) in [6.07, 6.45) is 8.49. The van der Waals surface area contributed by atoms with Gasteiger partial charge in [-0.25, -0.2) is 4.79 Å². The van der Waals surface area contributed by atoms with Crippen LogP contribution in [-0.2, 0) is 38.4 Å². The van der Waals surface area contributed by atoms with Gasteiger partial charge < -0.3 is 20.1 Å². The van der Waals surface area contributed by atoms with Gasteiger partial charge in [0.1, 0.15) is 11.7 Å². The Hall–Kier alpha value is -4.20. The van der Waals surface area contributed by atoms with Crippen molar-refractivity contribution in [2.75, 3.05) is 30.3 Å². The fourth-order valence-electron chi connectivity index (χ4n) is 7.11. The minimum Gasteiger partial charge on any atom is -0.463 e. The van der Waals surface area contributed by atoms with Crippen LogP contribution in [0.15, 0.2) is 96.1 Å². The molecule has 0 aromatic heterocycles. The third kappa shape index (κ3) is 6.26. The Labute approximate surface area is 272 Å². The van der Waals surface area contributed by atoms with E-state index in [0.717, 1.165) is 60.5 Å². The Balaban J connectivity index is 1.41. The first-order valence-electron chi connectivity index (χ1n) is 16.8. The molecule has 1 fully saturated rings. The van der Waals surface area contributed by atoms with Gasteiger partial charge in [-0.15, -0.1) is 0 Å². The Morgan fingerprint density at radius 3 is 2.26 bits per heavy atom. The van der Waals surface area contributed by atoms with E-state index in [1.54, 1.807) is 6.92 Å². The van der Waals surface area contributed by atoms with E-state index in [4.69, 9.17) is 9.47 Å². The largest absolute Gasteiger partial charge is 0.463 e. The second kappa shape index (κ2) is 14.1. The monoisotopic (exact) mass is 619 g/mol.